The van der Waals surface area contributed by atoms with Gasteiger partial charge in [-0.2, -0.15) is 0 Å². The van der Waals surface area contributed by atoms with Crippen LogP contribution in [0.4, 0.5) is 0 Å². The molecule has 0 atom stereocenters. The molecule has 1 rings (SSSR count). The molecule has 0 aliphatic heterocycles. The van der Waals surface area contributed by atoms with Crippen LogP contribution in [0, 0.1) is 19.3 Å². The maximum Gasteiger partial charge on any atom is 0.372 e. The summed E-state index contributed by atoms with van der Waals surface area (Å²) in [6, 6.07) is 1.75. The van der Waals surface area contributed by atoms with E-state index in [0.717, 1.165) is 25.8 Å². The van der Waals surface area contributed by atoms with Crippen LogP contribution >= 0.6 is 0 Å². The number of carboxylic acid groups (broad SMARTS) is 1. The highest BCUT2D eigenvalue weighted by atomic mass is 16.4. The zero-order chi connectivity index (χ0) is 12.7. The first-order valence-electron chi connectivity index (χ1n) is 5.62. The first-order valence-corrected chi connectivity index (χ1v) is 5.62. The van der Waals surface area contributed by atoms with E-state index in [4.69, 9.17) is 15.9 Å². The monoisotopic (exact) mass is 235 g/mol. The molecule has 92 valence electrons. The second kappa shape index (κ2) is 6.77. The quantitative estimate of drug-likeness (QED) is 0.561. The van der Waals surface area contributed by atoms with Gasteiger partial charge in [0, 0.05) is 12.0 Å². The van der Waals surface area contributed by atoms with Crippen molar-refractivity contribution in [2.75, 3.05) is 6.54 Å². The van der Waals surface area contributed by atoms with Crippen molar-refractivity contribution in [3.8, 4) is 12.3 Å². The standard InChI is InChI=1S/C13H17NO3/c1-3-4-5-6-7-14-9-11-8-10(2)12(17-11)13(15)16/h1,8,14H,4-7,9H2,2H3,(H,15,16). The molecule has 0 fully saturated rings. The van der Waals surface area contributed by atoms with Crippen LogP contribution in [0.5, 0.6) is 0 Å². The van der Waals surface area contributed by atoms with Crippen molar-refractivity contribution < 1.29 is 14.3 Å². The molecule has 0 saturated carbocycles. The van der Waals surface area contributed by atoms with Gasteiger partial charge in [0.2, 0.25) is 5.76 Å². The Morgan fingerprint density at radius 3 is 2.94 bits per heavy atom. The molecule has 0 aliphatic carbocycles. The lowest BCUT2D eigenvalue weighted by molar-refractivity contribution is 0.0659. The van der Waals surface area contributed by atoms with E-state index in [1.54, 1.807) is 13.0 Å². The highest BCUT2D eigenvalue weighted by Gasteiger charge is 2.13. The van der Waals surface area contributed by atoms with Crippen molar-refractivity contribution in [2.24, 2.45) is 0 Å². The number of hydrogen-bond acceptors (Lipinski definition) is 3. The number of carbonyl (C=O) groups is 1. The van der Waals surface area contributed by atoms with Crippen LogP contribution < -0.4 is 5.32 Å². The lowest BCUT2D eigenvalue weighted by Crippen LogP contribution is -2.14. The summed E-state index contributed by atoms with van der Waals surface area (Å²) in [6.07, 6.45) is 7.95. The molecule has 17 heavy (non-hydrogen) atoms. The van der Waals surface area contributed by atoms with Gasteiger partial charge in [0.1, 0.15) is 5.76 Å². The number of carboxylic acids is 1. The first-order chi connectivity index (χ1) is 8.15. The van der Waals surface area contributed by atoms with Crippen molar-refractivity contribution in [3.63, 3.8) is 0 Å². The number of terminal acetylenes is 1. The van der Waals surface area contributed by atoms with Crippen molar-refractivity contribution in [3.05, 3.63) is 23.2 Å². The van der Waals surface area contributed by atoms with Crippen LogP contribution in [0.1, 0.15) is 41.1 Å². The normalized spacial score (nSPS) is 10.1. The van der Waals surface area contributed by atoms with Gasteiger partial charge < -0.3 is 14.8 Å². The van der Waals surface area contributed by atoms with Gasteiger partial charge in [0.25, 0.3) is 0 Å². The van der Waals surface area contributed by atoms with Gasteiger partial charge in [0.15, 0.2) is 0 Å². The van der Waals surface area contributed by atoms with Crippen molar-refractivity contribution in [1.82, 2.24) is 5.32 Å². The van der Waals surface area contributed by atoms with Gasteiger partial charge >= 0.3 is 5.97 Å². The molecule has 2 N–H and O–H groups in total. The molecule has 0 unspecified atom stereocenters. The van der Waals surface area contributed by atoms with Crippen molar-refractivity contribution in [1.29, 1.82) is 0 Å². The van der Waals surface area contributed by atoms with Crippen LogP contribution in [-0.4, -0.2) is 17.6 Å². The summed E-state index contributed by atoms with van der Waals surface area (Å²) in [4.78, 5) is 10.8. The smallest absolute Gasteiger partial charge is 0.372 e. The minimum absolute atomic E-state index is 0.0223. The number of hydrogen-bond donors (Lipinski definition) is 2. The largest absolute Gasteiger partial charge is 0.475 e. The Kier molecular flexibility index (Phi) is 5.31. The van der Waals surface area contributed by atoms with E-state index in [2.05, 4.69) is 11.2 Å². The fourth-order valence-corrected chi connectivity index (χ4v) is 1.54. The van der Waals surface area contributed by atoms with Gasteiger partial charge in [-0.3, -0.25) is 0 Å². The number of rotatable bonds is 7. The minimum Gasteiger partial charge on any atom is -0.475 e. The Hall–Kier alpha value is -1.73. The summed E-state index contributed by atoms with van der Waals surface area (Å²) < 4.78 is 5.21. The summed E-state index contributed by atoms with van der Waals surface area (Å²) in [7, 11) is 0. The second-order valence-corrected chi connectivity index (χ2v) is 3.87. The molecule has 0 aliphatic rings. The predicted octanol–water partition coefficient (Wildman–Crippen LogP) is 2.18. The van der Waals surface area contributed by atoms with E-state index in [1.165, 1.54) is 0 Å². The second-order valence-electron chi connectivity index (χ2n) is 3.87. The fraction of sp³-hybridized carbons (Fsp3) is 0.462. The number of aryl methyl sites for hydroxylation is 1. The number of nitrogens with one attached hydrogen (secondary N) is 1. The number of unbranched alkanes of at least 4 members (excludes halogenated alkanes) is 2. The van der Waals surface area contributed by atoms with Crippen molar-refractivity contribution >= 4 is 5.97 Å². The Bertz CT molecular complexity index is 415. The highest BCUT2D eigenvalue weighted by molar-refractivity contribution is 5.86. The Labute approximate surface area is 101 Å². The number of furan rings is 1. The summed E-state index contributed by atoms with van der Waals surface area (Å²) in [6.45, 7) is 3.12. The first kappa shape index (κ1) is 13.3. The predicted molar refractivity (Wildman–Crippen MR) is 64.8 cm³/mol. The third-order valence-corrected chi connectivity index (χ3v) is 2.39. The molecule has 0 aromatic carbocycles. The highest BCUT2D eigenvalue weighted by Crippen LogP contribution is 2.14. The van der Waals surface area contributed by atoms with Gasteiger partial charge in [-0.15, -0.1) is 12.3 Å². The average Bonchev–Trinajstić information content (AvgIpc) is 2.65. The maximum atomic E-state index is 10.8. The summed E-state index contributed by atoms with van der Waals surface area (Å²) >= 11 is 0. The van der Waals surface area contributed by atoms with Gasteiger partial charge in [0.05, 0.1) is 6.54 Å². The summed E-state index contributed by atoms with van der Waals surface area (Å²) in [5.74, 6) is 2.23. The Balaban J connectivity index is 2.30. The number of aromatic carboxylic acids is 1. The van der Waals surface area contributed by atoms with E-state index in [0.29, 0.717) is 17.9 Å². The van der Waals surface area contributed by atoms with E-state index in [9.17, 15) is 4.79 Å². The third-order valence-electron chi connectivity index (χ3n) is 2.39. The molecule has 4 nitrogen and oxygen atoms in total. The SMILES string of the molecule is C#CCCCCNCc1cc(C)c(C(=O)O)o1. The fourth-order valence-electron chi connectivity index (χ4n) is 1.54. The summed E-state index contributed by atoms with van der Waals surface area (Å²) in [5, 5.41) is 12.0. The van der Waals surface area contributed by atoms with Crippen LogP contribution in [-0.2, 0) is 6.54 Å². The van der Waals surface area contributed by atoms with Crippen LogP contribution in [0.15, 0.2) is 10.5 Å². The van der Waals surface area contributed by atoms with E-state index >= 15 is 0 Å². The topological polar surface area (TPSA) is 62.5 Å². The zero-order valence-electron chi connectivity index (χ0n) is 9.95. The van der Waals surface area contributed by atoms with Crippen LogP contribution in [0.25, 0.3) is 0 Å². The molecule has 1 aromatic heterocycles. The molecule has 0 spiro atoms. The van der Waals surface area contributed by atoms with Crippen molar-refractivity contribution in [2.45, 2.75) is 32.7 Å². The lowest BCUT2D eigenvalue weighted by atomic mass is 10.2. The van der Waals surface area contributed by atoms with E-state index in [1.807, 2.05) is 0 Å². The third kappa shape index (κ3) is 4.33. The molecule has 1 heterocycles. The molecular weight excluding hydrogens is 218 g/mol. The minimum atomic E-state index is -1.03. The van der Waals surface area contributed by atoms with Crippen LogP contribution in [0.3, 0.4) is 0 Å². The zero-order valence-corrected chi connectivity index (χ0v) is 9.95. The van der Waals surface area contributed by atoms with Gasteiger partial charge in [-0.1, -0.05) is 0 Å². The molecule has 0 bridgehead atoms. The molecule has 0 radical (unpaired) electrons. The molecule has 4 heteroatoms. The molecule has 0 amide bonds. The van der Waals surface area contributed by atoms with Gasteiger partial charge in [-0.25, -0.2) is 4.79 Å². The molecule has 1 aromatic rings. The average molecular weight is 235 g/mol. The summed E-state index contributed by atoms with van der Waals surface area (Å²) in [5.41, 5.74) is 0.654. The maximum absolute atomic E-state index is 10.8. The Morgan fingerprint density at radius 2 is 2.35 bits per heavy atom. The van der Waals surface area contributed by atoms with Crippen LogP contribution in [0.2, 0.25) is 0 Å². The lowest BCUT2D eigenvalue weighted by Gasteiger charge is -2.00. The molecule has 0 saturated heterocycles. The van der Waals surface area contributed by atoms with Gasteiger partial charge in [-0.05, 0) is 32.4 Å². The Morgan fingerprint density at radius 1 is 1.59 bits per heavy atom. The molecular formula is C13H17NO3. The van der Waals surface area contributed by atoms with E-state index in [-0.39, 0.29) is 5.76 Å². The van der Waals surface area contributed by atoms with E-state index < -0.39 is 5.97 Å².